The van der Waals surface area contributed by atoms with E-state index in [4.69, 9.17) is 11.0 Å². The standard InChI is InChI=1S/C17H13FN6O2/c18-12-3-1-2-9-6-10(17(25)26)13(24-14(9)12)4-5-21-16-11(7-19)15(20)22-8-23-16/h1-3,6,8H,4-5H2,(H,25,26)(H3,20,21,22,23). The summed E-state index contributed by atoms with van der Waals surface area (Å²) in [5.74, 6) is -1.39. The Morgan fingerprint density at radius 2 is 2.19 bits per heavy atom. The van der Waals surface area contributed by atoms with Gasteiger partial charge in [-0.05, 0) is 12.1 Å². The van der Waals surface area contributed by atoms with Crippen LogP contribution in [0.4, 0.5) is 16.0 Å². The quantitative estimate of drug-likeness (QED) is 0.633. The van der Waals surface area contributed by atoms with Crippen LogP contribution in [0.5, 0.6) is 0 Å². The zero-order valence-electron chi connectivity index (χ0n) is 13.4. The van der Waals surface area contributed by atoms with Gasteiger partial charge in [-0.15, -0.1) is 0 Å². The number of halogens is 1. The first-order valence-electron chi connectivity index (χ1n) is 7.57. The smallest absolute Gasteiger partial charge is 0.337 e. The van der Waals surface area contributed by atoms with Crippen LogP contribution >= 0.6 is 0 Å². The fraction of sp³-hybridized carbons (Fsp3) is 0.118. The predicted octanol–water partition coefficient (Wildman–Crippen LogP) is 1.97. The molecule has 0 unspecified atom stereocenters. The van der Waals surface area contributed by atoms with Gasteiger partial charge in [0.25, 0.3) is 0 Å². The van der Waals surface area contributed by atoms with Crippen molar-refractivity contribution in [2.24, 2.45) is 0 Å². The first-order chi connectivity index (χ1) is 12.5. The molecular formula is C17H13FN6O2. The second-order valence-electron chi connectivity index (χ2n) is 5.37. The van der Waals surface area contributed by atoms with Crippen molar-refractivity contribution >= 4 is 28.5 Å². The van der Waals surface area contributed by atoms with Gasteiger partial charge in [0.1, 0.15) is 40.9 Å². The lowest BCUT2D eigenvalue weighted by Crippen LogP contribution is -2.13. The summed E-state index contributed by atoms with van der Waals surface area (Å²) in [4.78, 5) is 23.3. The molecule has 0 radical (unpaired) electrons. The van der Waals surface area contributed by atoms with E-state index in [9.17, 15) is 14.3 Å². The summed E-state index contributed by atoms with van der Waals surface area (Å²) in [6.45, 7) is 0.221. The maximum Gasteiger partial charge on any atom is 0.337 e. The van der Waals surface area contributed by atoms with E-state index in [0.717, 1.165) is 0 Å². The summed E-state index contributed by atoms with van der Waals surface area (Å²) in [7, 11) is 0. The molecule has 0 aliphatic carbocycles. The third-order valence-corrected chi connectivity index (χ3v) is 3.75. The number of carbonyl (C=O) groups is 1. The maximum absolute atomic E-state index is 13.9. The average Bonchev–Trinajstić information content (AvgIpc) is 2.62. The summed E-state index contributed by atoms with van der Waals surface area (Å²) >= 11 is 0. The topological polar surface area (TPSA) is 138 Å². The van der Waals surface area contributed by atoms with Gasteiger partial charge in [-0.2, -0.15) is 5.26 Å². The van der Waals surface area contributed by atoms with Crippen LogP contribution < -0.4 is 11.1 Å². The highest BCUT2D eigenvalue weighted by atomic mass is 19.1. The van der Waals surface area contributed by atoms with Gasteiger partial charge in [0.15, 0.2) is 0 Å². The number of hydrogen-bond acceptors (Lipinski definition) is 7. The summed E-state index contributed by atoms with van der Waals surface area (Å²) in [6.07, 6.45) is 1.39. The molecule has 0 atom stereocenters. The largest absolute Gasteiger partial charge is 0.478 e. The Hall–Kier alpha value is -3.80. The minimum atomic E-state index is -1.15. The molecule has 3 rings (SSSR count). The van der Waals surface area contributed by atoms with E-state index >= 15 is 0 Å². The van der Waals surface area contributed by atoms with Gasteiger partial charge in [-0.1, -0.05) is 12.1 Å². The summed E-state index contributed by atoms with van der Waals surface area (Å²) in [6, 6.07) is 7.66. The number of anilines is 2. The lowest BCUT2D eigenvalue weighted by atomic mass is 10.1. The fourth-order valence-electron chi connectivity index (χ4n) is 2.52. The van der Waals surface area contributed by atoms with E-state index in [1.807, 2.05) is 6.07 Å². The number of para-hydroxylation sites is 1. The number of nitrogen functional groups attached to an aromatic ring is 1. The summed E-state index contributed by atoms with van der Waals surface area (Å²) in [5.41, 5.74) is 6.04. The Kier molecular flexibility index (Phi) is 4.57. The molecule has 1 aromatic carbocycles. The lowest BCUT2D eigenvalue weighted by Gasteiger charge is -2.10. The number of pyridine rings is 1. The predicted molar refractivity (Wildman–Crippen MR) is 92.0 cm³/mol. The van der Waals surface area contributed by atoms with E-state index in [2.05, 4.69) is 20.3 Å². The number of fused-ring (bicyclic) bond motifs is 1. The fourth-order valence-corrected chi connectivity index (χ4v) is 2.52. The molecule has 0 saturated carbocycles. The molecule has 0 spiro atoms. The number of hydrogen-bond donors (Lipinski definition) is 3. The van der Waals surface area contributed by atoms with E-state index in [0.29, 0.717) is 5.39 Å². The summed E-state index contributed by atoms with van der Waals surface area (Å²) in [5, 5.41) is 21.8. The van der Waals surface area contributed by atoms with E-state index in [1.165, 1.54) is 24.5 Å². The van der Waals surface area contributed by atoms with Crippen molar-refractivity contribution in [1.29, 1.82) is 5.26 Å². The number of nitrogens with one attached hydrogen (secondary N) is 1. The van der Waals surface area contributed by atoms with Gasteiger partial charge in [-0.3, -0.25) is 0 Å². The first kappa shape index (κ1) is 17.0. The number of aromatic carboxylic acids is 1. The molecule has 0 aliphatic rings. The number of aromatic nitrogens is 3. The zero-order chi connectivity index (χ0) is 18.7. The van der Waals surface area contributed by atoms with Crippen molar-refractivity contribution in [2.75, 3.05) is 17.6 Å². The minimum absolute atomic E-state index is 0.00684. The highest BCUT2D eigenvalue weighted by Gasteiger charge is 2.15. The Morgan fingerprint density at radius 3 is 2.92 bits per heavy atom. The maximum atomic E-state index is 13.9. The molecule has 0 saturated heterocycles. The van der Waals surface area contributed by atoms with Crippen LogP contribution in [-0.2, 0) is 6.42 Å². The third kappa shape index (κ3) is 3.21. The molecule has 4 N–H and O–H groups in total. The van der Waals surface area contributed by atoms with Crippen LogP contribution in [0.2, 0.25) is 0 Å². The van der Waals surface area contributed by atoms with Crippen LogP contribution in [0.1, 0.15) is 21.6 Å². The minimum Gasteiger partial charge on any atom is -0.478 e. The summed E-state index contributed by atoms with van der Waals surface area (Å²) < 4.78 is 13.9. The molecule has 2 aromatic heterocycles. The number of carboxylic acid groups (broad SMARTS) is 1. The average molecular weight is 352 g/mol. The van der Waals surface area contributed by atoms with Gasteiger partial charge in [0.2, 0.25) is 0 Å². The van der Waals surface area contributed by atoms with Crippen LogP contribution in [0, 0.1) is 17.1 Å². The number of nitrogens with two attached hydrogens (primary N) is 1. The zero-order valence-corrected chi connectivity index (χ0v) is 13.4. The number of rotatable bonds is 5. The van der Waals surface area contributed by atoms with Crippen molar-refractivity contribution in [2.45, 2.75) is 6.42 Å². The van der Waals surface area contributed by atoms with E-state index in [-0.39, 0.29) is 46.9 Å². The molecule has 0 amide bonds. The molecule has 130 valence electrons. The van der Waals surface area contributed by atoms with E-state index in [1.54, 1.807) is 6.07 Å². The monoisotopic (exact) mass is 352 g/mol. The van der Waals surface area contributed by atoms with Crippen LogP contribution in [0.3, 0.4) is 0 Å². The van der Waals surface area contributed by atoms with Gasteiger partial charge in [0, 0.05) is 18.4 Å². The Labute approximate surface area is 147 Å². The molecule has 3 aromatic rings. The van der Waals surface area contributed by atoms with Crippen molar-refractivity contribution in [3.8, 4) is 6.07 Å². The second kappa shape index (κ2) is 6.98. The number of benzene rings is 1. The Balaban J connectivity index is 1.88. The van der Waals surface area contributed by atoms with Crippen molar-refractivity contribution in [1.82, 2.24) is 15.0 Å². The highest BCUT2D eigenvalue weighted by molar-refractivity contribution is 5.94. The molecule has 0 bridgehead atoms. The second-order valence-corrected chi connectivity index (χ2v) is 5.37. The van der Waals surface area contributed by atoms with Crippen LogP contribution in [-0.4, -0.2) is 32.6 Å². The molecular weight excluding hydrogens is 339 g/mol. The molecule has 0 fully saturated rings. The van der Waals surface area contributed by atoms with Crippen molar-refractivity contribution < 1.29 is 14.3 Å². The van der Waals surface area contributed by atoms with Gasteiger partial charge >= 0.3 is 5.97 Å². The van der Waals surface area contributed by atoms with Crippen molar-refractivity contribution in [3.05, 3.63) is 53.2 Å². The van der Waals surface area contributed by atoms with Gasteiger partial charge < -0.3 is 16.2 Å². The van der Waals surface area contributed by atoms with Crippen LogP contribution in [0.15, 0.2) is 30.6 Å². The van der Waals surface area contributed by atoms with Crippen molar-refractivity contribution in [3.63, 3.8) is 0 Å². The molecule has 26 heavy (non-hydrogen) atoms. The molecule has 0 aliphatic heterocycles. The SMILES string of the molecule is N#Cc1c(N)ncnc1NCCc1nc2c(F)cccc2cc1C(=O)O. The normalized spacial score (nSPS) is 10.5. The molecule has 2 heterocycles. The number of carboxylic acids is 1. The highest BCUT2D eigenvalue weighted by Crippen LogP contribution is 2.21. The Bertz CT molecular complexity index is 1050. The first-order valence-corrected chi connectivity index (χ1v) is 7.57. The molecule has 9 heteroatoms. The lowest BCUT2D eigenvalue weighted by molar-refractivity contribution is 0.0695. The van der Waals surface area contributed by atoms with Crippen LogP contribution in [0.25, 0.3) is 10.9 Å². The van der Waals surface area contributed by atoms with Gasteiger partial charge in [-0.25, -0.2) is 24.1 Å². The number of nitrogens with zero attached hydrogens (tertiary/aromatic N) is 4. The number of nitriles is 1. The van der Waals surface area contributed by atoms with Gasteiger partial charge in [0.05, 0.1) is 11.3 Å². The van der Waals surface area contributed by atoms with E-state index < -0.39 is 11.8 Å². The molecule has 8 nitrogen and oxygen atoms in total. The Morgan fingerprint density at radius 1 is 1.38 bits per heavy atom. The third-order valence-electron chi connectivity index (χ3n) is 3.75.